The van der Waals surface area contributed by atoms with E-state index in [1.54, 1.807) is 0 Å². The van der Waals surface area contributed by atoms with Gasteiger partial charge in [0.05, 0.1) is 22.3 Å². The molecule has 0 unspecified atom stereocenters. The minimum atomic E-state index is -0.721. The van der Waals surface area contributed by atoms with Gasteiger partial charge in [-0.3, -0.25) is 25.0 Å². The molecule has 0 heterocycles. The van der Waals surface area contributed by atoms with Gasteiger partial charge in [-0.1, -0.05) is 25.1 Å². The zero-order valence-corrected chi connectivity index (χ0v) is 13.8. The van der Waals surface area contributed by atoms with Gasteiger partial charge < -0.3 is 5.32 Å². The SMILES string of the molecule is CCc1cccc(C)c1NC(=O)Cc1ccc([N+](=O)[O-])cc1[N+](=O)[O-]. The van der Waals surface area contributed by atoms with E-state index in [9.17, 15) is 25.0 Å². The number of non-ortho nitro benzene ring substituents is 1. The third-order valence-corrected chi connectivity index (χ3v) is 3.83. The van der Waals surface area contributed by atoms with Crippen LogP contribution in [0, 0.1) is 27.2 Å². The van der Waals surface area contributed by atoms with Gasteiger partial charge >= 0.3 is 0 Å². The molecule has 0 saturated carbocycles. The number of nitrogens with zero attached hydrogens (tertiary/aromatic N) is 2. The molecule has 0 aliphatic carbocycles. The van der Waals surface area contributed by atoms with Gasteiger partial charge in [0.15, 0.2) is 0 Å². The zero-order valence-electron chi connectivity index (χ0n) is 13.8. The largest absolute Gasteiger partial charge is 0.325 e. The van der Waals surface area contributed by atoms with Gasteiger partial charge in [0.1, 0.15) is 0 Å². The summed E-state index contributed by atoms with van der Waals surface area (Å²) < 4.78 is 0. The first-order valence-corrected chi connectivity index (χ1v) is 7.63. The first-order valence-electron chi connectivity index (χ1n) is 7.63. The summed E-state index contributed by atoms with van der Waals surface area (Å²) in [5.74, 6) is -0.416. The van der Waals surface area contributed by atoms with E-state index in [0.29, 0.717) is 5.69 Å². The van der Waals surface area contributed by atoms with Crippen LogP contribution in [0.4, 0.5) is 17.1 Å². The first-order chi connectivity index (χ1) is 11.8. The number of hydrogen-bond acceptors (Lipinski definition) is 5. The number of nitrogens with one attached hydrogen (secondary N) is 1. The van der Waals surface area contributed by atoms with Crippen molar-refractivity contribution in [2.75, 3.05) is 5.32 Å². The molecule has 0 bridgehead atoms. The van der Waals surface area contributed by atoms with E-state index >= 15 is 0 Å². The molecule has 0 radical (unpaired) electrons. The number of benzene rings is 2. The number of rotatable bonds is 6. The highest BCUT2D eigenvalue weighted by molar-refractivity contribution is 5.94. The van der Waals surface area contributed by atoms with E-state index in [2.05, 4.69) is 5.32 Å². The third-order valence-electron chi connectivity index (χ3n) is 3.83. The van der Waals surface area contributed by atoms with Crippen LogP contribution in [0.2, 0.25) is 0 Å². The van der Waals surface area contributed by atoms with Gasteiger partial charge in [-0.05, 0) is 30.5 Å². The zero-order chi connectivity index (χ0) is 18.6. The average molecular weight is 343 g/mol. The third kappa shape index (κ3) is 4.17. The maximum absolute atomic E-state index is 12.3. The van der Waals surface area contributed by atoms with Crippen molar-refractivity contribution in [3.8, 4) is 0 Å². The Morgan fingerprint density at radius 2 is 1.80 bits per heavy atom. The van der Waals surface area contributed by atoms with E-state index in [1.807, 2.05) is 32.0 Å². The molecular weight excluding hydrogens is 326 g/mol. The molecule has 0 atom stereocenters. The van der Waals surface area contributed by atoms with Crippen LogP contribution < -0.4 is 5.32 Å². The molecule has 0 aromatic heterocycles. The van der Waals surface area contributed by atoms with Crippen molar-refractivity contribution in [1.82, 2.24) is 0 Å². The number of nitro groups is 2. The first kappa shape index (κ1) is 18.1. The highest BCUT2D eigenvalue weighted by atomic mass is 16.6. The number of carbonyl (C=O) groups is 1. The van der Waals surface area contributed by atoms with Gasteiger partial charge in [0.2, 0.25) is 5.91 Å². The van der Waals surface area contributed by atoms with Crippen LogP contribution in [0.3, 0.4) is 0 Å². The fourth-order valence-electron chi connectivity index (χ4n) is 2.54. The number of carbonyl (C=O) groups excluding carboxylic acids is 1. The fourth-order valence-corrected chi connectivity index (χ4v) is 2.54. The summed E-state index contributed by atoms with van der Waals surface area (Å²) in [5, 5.41) is 24.7. The summed E-state index contributed by atoms with van der Waals surface area (Å²) in [6, 6.07) is 8.92. The molecule has 1 N–H and O–H groups in total. The lowest BCUT2D eigenvalue weighted by molar-refractivity contribution is -0.394. The molecule has 0 aliphatic heterocycles. The molecule has 0 spiro atoms. The van der Waals surface area contributed by atoms with Gasteiger partial charge in [-0.25, -0.2) is 0 Å². The molecule has 1 amide bonds. The topological polar surface area (TPSA) is 115 Å². The van der Waals surface area contributed by atoms with Crippen molar-refractivity contribution < 1.29 is 14.6 Å². The van der Waals surface area contributed by atoms with Crippen LogP contribution in [0.25, 0.3) is 0 Å². The van der Waals surface area contributed by atoms with Crippen molar-refractivity contribution in [3.63, 3.8) is 0 Å². The number of para-hydroxylation sites is 1. The van der Waals surface area contributed by atoms with Crippen LogP contribution in [0.1, 0.15) is 23.6 Å². The Hall–Kier alpha value is -3.29. The van der Waals surface area contributed by atoms with Crippen LogP contribution in [-0.2, 0) is 17.6 Å². The lowest BCUT2D eigenvalue weighted by atomic mass is 10.0. The van der Waals surface area contributed by atoms with E-state index in [-0.39, 0.29) is 17.7 Å². The summed E-state index contributed by atoms with van der Waals surface area (Å²) in [5.41, 5.74) is 1.85. The molecule has 2 aromatic rings. The molecule has 8 nitrogen and oxygen atoms in total. The van der Waals surface area contributed by atoms with Crippen LogP contribution in [-0.4, -0.2) is 15.8 Å². The minimum absolute atomic E-state index is 0.125. The Morgan fingerprint density at radius 1 is 1.08 bits per heavy atom. The number of nitro benzene ring substituents is 2. The smallest absolute Gasteiger partial charge is 0.279 e. The molecule has 0 fully saturated rings. The van der Waals surface area contributed by atoms with Gasteiger partial charge in [0.25, 0.3) is 11.4 Å². The predicted molar refractivity (Wildman–Crippen MR) is 92.6 cm³/mol. The number of anilines is 1. The lowest BCUT2D eigenvalue weighted by Gasteiger charge is -2.13. The summed E-state index contributed by atoms with van der Waals surface area (Å²) >= 11 is 0. The van der Waals surface area contributed by atoms with Crippen LogP contribution in [0.15, 0.2) is 36.4 Å². The Bertz CT molecular complexity index is 848. The van der Waals surface area contributed by atoms with Gasteiger partial charge in [-0.15, -0.1) is 0 Å². The fraction of sp³-hybridized carbons (Fsp3) is 0.235. The second-order valence-corrected chi connectivity index (χ2v) is 5.51. The van der Waals surface area contributed by atoms with Crippen LogP contribution >= 0.6 is 0 Å². The number of hydrogen-bond donors (Lipinski definition) is 1. The second kappa shape index (κ2) is 7.52. The molecule has 0 aliphatic rings. The van der Waals surface area contributed by atoms with Crippen molar-refractivity contribution in [1.29, 1.82) is 0 Å². The van der Waals surface area contributed by atoms with Crippen molar-refractivity contribution >= 4 is 23.0 Å². The minimum Gasteiger partial charge on any atom is -0.325 e. The van der Waals surface area contributed by atoms with Crippen molar-refractivity contribution in [2.45, 2.75) is 26.7 Å². The summed E-state index contributed by atoms with van der Waals surface area (Å²) in [6.07, 6.45) is 0.487. The summed E-state index contributed by atoms with van der Waals surface area (Å²) in [6.45, 7) is 3.83. The number of aryl methyl sites for hydroxylation is 2. The Morgan fingerprint density at radius 3 is 2.40 bits per heavy atom. The maximum atomic E-state index is 12.3. The molecule has 8 heteroatoms. The Labute approximate surface area is 143 Å². The molecule has 2 aromatic carbocycles. The van der Waals surface area contributed by atoms with E-state index in [1.165, 1.54) is 6.07 Å². The molecule has 2 rings (SSSR count). The van der Waals surface area contributed by atoms with Gasteiger partial charge in [-0.2, -0.15) is 0 Å². The maximum Gasteiger partial charge on any atom is 0.279 e. The van der Waals surface area contributed by atoms with Crippen molar-refractivity contribution in [3.05, 3.63) is 73.3 Å². The van der Waals surface area contributed by atoms with Gasteiger partial charge in [0, 0.05) is 17.3 Å². The second-order valence-electron chi connectivity index (χ2n) is 5.51. The Kier molecular flexibility index (Phi) is 5.43. The van der Waals surface area contributed by atoms with Crippen LogP contribution in [0.5, 0.6) is 0 Å². The predicted octanol–water partition coefficient (Wildman–Crippen LogP) is 3.56. The Balaban J connectivity index is 2.27. The molecule has 130 valence electrons. The molecule has 25 heavy (non-hydrogen) atoms. The summed E-state index contributed by atoms with van der Waals surface area (Å²) in [4.78, 5) is 32.8. The normalized spacial score (nSPS) is 10.3. The summed E-state index contributed by atoms with van der Waals surface area (Å²) in [7, 11) is 0. The monoisotopic (exact) mass is 343 g/mol. The number of amides is 1. The van der Waals surface area contributed by atoms with Crippen molar-refractivity contribution in [2.24, 2.45) is 0 Å². The van der Waals surface area contributed by atoms with E-state index < -0.39 is 21.4 Å². The molecular formula is C17H17N3O5. The van der Waals surface area contributed by atoms with E-state index in [4.69, 9.17) is 0 Å². The average Bonchev–Trinajstić information content (AvgIpc) is 2.56. The lowest BCUT2D eigenvalue weighted by Crippen LogP contribution is -2.17. The highest BCUT2D eigenvalue weighted by Gasteiger charge is 2.21. The highest BCUT2D eigenvalue weighted by Crippen LogP contribution is 2.26. The molecule has 0 saturated heterocycles. The standard InChI is InChI=1S/C17H17N3O5/c1-3-12-6-4-5-11(2)17(12)18-16(21)9-13-7-8-14(19(22)23)10-15(13)20(24)25/h4-8,10H,3,9H2,1-2H3,(H,18,21). The van der Waals surface area contributed by atoms with E-state index in [0.717, 1.165) is 29.7 Å². The quantitative estimate of drug-likeness (QED) is 0.636.